The number of nitrogens with one attached hydrogen (secondary N) is 4. The Kier molecular flexibility index (Phi) is 5.68. The first kappa shape index (κ1) is 21.2. The van der Waals surface area contributed by atoms with E-state index in [1.165, 1.54) is 25.1 Å². The Balaban J connectivity index is 1.69. The second kappa shape index (κ2) is 8.05. The highest BCUT2D eigenvalue weighted by Gasteiger charge is 2.44. The number of alkyl halides is 3. The zero-order valence-corrected chi connectivity index (χ0v) is 15.9. The predicted molar refractivity (Wildman–Crippen MR) is 103 cm³/mol. The molecule has 30 heavy (non-hydrogen) atoms. The molecule has 1 unspecified atom stereocenters. The number of hydrogen-bond donors (Lipinski definition) is 4. The van der Waals surface area contributed by atoms with Crippen molar-refractivity contribution in [3.05, 3.63) is 59.7 Å². The maximum Gasteiger partial charge on any atom is 0.416 e. The molecule has 7 nitrogen and oxygen atoms in total. The molecule has 1 saturated heterocycles. The monoisotopic (exact) mass is 420 g/mol. The third kappa shape index (κ3) is 4.37. The molecule has 3 amide bonds. The van der Waals surface area contributed by atoms with Crippen molar-refractivity contribution in [2.45, 2.75) is 19.5 Å². The quantitative estimate of drug-likeness (QED) is 0.452. The van der Waals surface area contributed by atoms with Crippen LogP contribution in [0.5, 0.6) is 0 Å². The minimum Gasteiger partial charge on any atom is -0.355 e. The molecular weight excluding hydrogens is 401 g/mol. The molecular formula is C20H19F3N4O3. The number of amides is 3. The van der Waals surface area contributed by atoms with Crippen LogP contribution in [0.1, 0.15) is 29.3 Å². The van der Waals surface area contributed by atoms with Crippen LogP contribution in [0, 0.1) is 5.41 Å². The Morgan fingerprint density at radius 3 is 2.30 bits per heavy atom. The van der Waals surface area contributed by atoms with Gasteiger partial charge in [-0.25, -0.2) is 0 Å². The van der Waals surface area contributed by atoms with E-state index in [0.717, 1.165) is 12.1 Å². The second-order valence-corrected chi connectivity index (χ2v) is 6.99. The van der Waals surface area contributed by atoms with Crippen LogP contribution in [0.25, 0.3) is 0 Å². The lowest BCUT2D eigenvalue weighted by Crippen LogP contribution is -2.51. The van der Waals surface area contributed by atoms with Crippen molar-refractivity contribution in [2.75, 3.05) is 11.9 Å². The summed E-state index contributed by atoms with van der Waals surface area (Å²) in [6, 6.07) is 10.7. The lowest BCUT2D eigenvalue weighted by atomic mass is 9.88. The van der Waals surface area contributed by atoms with Crippen molar-refractivity contribution in [3.63, 3.8) is 0 Å². The zero-order valence-electron chi connectivity index (χ0n) is 15.9. The molecule has 0 radical (unpaired) electrons. The second-order valence-electron chi connectivity index (χ2n) is 6.99. The number of halogens is 3. The van der Waals surface area contributed by atoms with Crippen LogP contribution in [0.15, 0.2) is 48.5 Å². The molecule has 158 valence electrons. The van der Waals surface area contributed by atoms with Gasteiger partial charge in [0.05, 0.1) is 16.8 Å². The van der Waals surface area contributed by atoms with Gasteiger partial charge in [0.15, 0.2) is 0 Å². The van der Waals surface area contributed by atoms with E-state index in [-0.39, 0.29) is 5.56 Å². The molecule has 1 aliphatic rings. The highest BCUT2D eigenvalue weighted by molar-refractivity contribution is 6.07. The number of benzene rings is 2. The third-order valence-electron chi connectivity index (χ3n) is 4.87. The van der Waals surface area contributed by atoms with E-state index in [0.29, 0.717) is 24.3 Å². The molecule has 4 N–H and O–H groups in total. The summed E-state index contributed by atoms with van der Waals surface area (Å²) < 4.78 is 38.1. The number of para-hydroxylation sites is 1. The fourth-order valence-corrected chi connectivity index (χ4v) is 2.96. The van der Waals surface area contributed by atoms with E-state index < -0.39 is 34.9 Å². The summed E-state index contributed by atoms with van der Waals surface area (Å²) >= 11 is 0. The SMILES string of the molecule is CC1(C(=O)NNC(=O)c2ccccc2Nc2ccc(C(F)(F)F)cc2)CCNC1=O. The van der Waals surface area contributed by atoms with Crippen molar-refractivity contribution < 1.29 is 27.6 Å². The van der Waals surface area contributed by atoms with Gasteiger partial charge >= 0.3 is 6.18 Å². The molecule has 0 spiro atoms. The summed E-state index contributed by atoms with van der Waals surface area (Å²) in [4.78, 5) is 36.7. The lowest BCUT2D eigenvalue weighted by Gasteiger charge is -2.20. The van der Waals surface area contributed by atoms with E-state index in [2.05, 4.69) is 21.5 Å². The van der Waals surface area contributed by atoms with E-state index in [1.54, 1.807) is 18.2 Å². The van der Waals surface area contributed by atoms with Gasteiger partial charge in [0.25, 0.3) is 11.8 Å². The van der Waals surface area contributed by atoms with E-state index >= 15 is 0 Å². The van der Waals surface area contributed by atoms with Crippen LogP contribution < -0.4 is 21.5 Å². The number of rotatable bonds is 4. The summed E-state index contributed by atoms with van der Waals surface area (Å²) in [5.41, 5.74) is 3.30. The highest BCUT2D eigenvalue weighted by atomic mass is 19.4. The minimum absolute atomic E-state index is 0.152. The molecule has 10 heteroatoms. The number of anilines is 2. The van der Waals surface area contributed by atoms with Crippen molar-refractivity contribution in [1.29, 1.82) is 0 Å². The summed E-state index contributed by atoms with van der Waals surface area (Å²) in [5, 5.41) is 5.45. The maximum absolute atomic E-state index is 12.7. The maximum atomic E-state index is 12.7. The topological polar surface area (TPSA) is 99.3 Å². The summed E-state index contributed by atoms with van der Waals surface area (Å²) in [6.07, 6.45) is -4.14. The number of carbonyl (C=O) groups excluding carboxylic acids is 3. The summed E-state index contributed by atoms with van der Waals surface area (Å²) in [6.45, 7) is 1.85. The molecule has 0 saturated carbocycles. The average Bonchev–Trinajstić information content (AvgIpc) is 3.05. The van der Waals surface area contributed by atoms with Crippen LogP contribution >= 0.6 is 0 Å². The van der Waals surface area contributed by atoms with Crippen molar-refractivity contribution in [3.8, 4) is 0 Å². The van der Waals surface area contributed by atoms with Crippen molar-refractivity contribution in [1.82, 2.24) is 16.2 Å². The van der Waals surface area contributed by atoms with E-state index in [9.17, 15) is 27.6 Å². The van der Waals surface area contributed by atoms with Gasteiger partial charge < -0.3 is 10.6 Å². The molecule has 0 aromatic heterocycles. The van der Waals surface area contributed by atoms with Crippen LogP contribution in [-0.2, 0) is 15.8 Å². The molecule has 3 rings (SSSR count). The van der Waals surface area contributed by atoms with E-state index in [1.807, 2.05) is 0 Å². The standard InChI is InChI=1S/C20H19F3N4O3/c1-19(10-11-24-17(19)29)18(30)27-26-16(28)14-4-2-3-5-15(14)25-13-8-6-12(7-9-13)20(21,22)23/h2-9,25H,10-11H2,1H3,(H,24,29)(H,26,28)(H,27,30). The molecule has 2 aromatic carbocycles. The van der Waals surface area contributed by atoms with Gasteiger partial charge in [-0.2, -0.15) is 13.2 Å². The molecule has 0 aliphatic carbocycles. The smallest absolute Gasteiger partial charge is 0.355 e. The first-order valence-corrected chi connectivity index (χ1v) is 9.04. The Bertz CT molecular complexity index is 976. The van der Waals surface area contributed by atoms with Crippen LogP contribution in [0.2, 0.25) is 0 Å². The van der Waals surface area contributed by atoms with Gasteiger partial charge in [0, 0.05) is 12.2 Å². The molecule has 1 fully saturated rings. The number of hydrogen-bond acceptors (Lipinski definition) is 4. The minimum atomic E-state index is -4.44. The van der Waals surface area contributed by atoms with Crippen LogP contribution in [0.3, 0.4) is 0 Å². The van der Waals surface area contributed by atoms with Crippen molar-refractivity contribution >= 4 is 29.1 Å². The Morgan fingerprint density at radius 1 is 1.03 bits per heavy atom. The predicted octanol–water partition coefficient (Wildman–Crippen LogP) is 2.74. The third-order valence-corrected chi connectivity index (χ3v) is 4.87. The Hall–Kier alpha value is -3.56. The van der Waals surface area contributed by atoms with Gasteiger partial charge in [0.1, 0.15) is 5.41 Å². The number of hydrazine groups is 1. The van der Waals surface area contributed by atoms with Crippen LogP contribution in [-0.4, -0.2) is 24.3 Å². The van der Waals surface area contributed by atoms with Gasteiger partial charge in [-0.05, 0) is 49.7 Å². The largest absolute Gasteiger partial charge is 0.416 e. The molecule has 0 bridgehead atoms. The summed E-state index contributed by atoms with van der Waals surface area (Å²) in [5.74, 6) is -1.71. The average molecular weight is 420 g/mol. The lowest BCUT2D eigenvalue weighted by molar-refractivity contribution is -0.140. The summed E-state index contributed by atoms with van der Waals surface area (Å²) in [7, 11) is 0. The first-order chi connectivity index (χ1) is 14.1. The normalized spacial score (nSPS) is 18.5. The van der Waals surface area contributed by atoms with Gasteiger partial charge in [-0.3, -0.25) is 25.2 Å². The Labute approximate surface area is 170 Å². The Morgan fingerprint density at radius 2 is 1.70 bits per heavy atom. The van der Waals surface area contributed by atoms with Gasteiger partial charge in [-0.15, -0.1) is 0 Å². The fraction of sp³-hybridized carbons (Fsp3) is 0.250. The van der Waals surface area contributed by atoms with E-state index in [4.69, 9.17) is 0 Å². The van der Waals surface area contributed by atoms with Gasteiger partial charge in [-0.1, -0.05) is 12.1 Å². The molecule has 1 atom stereocenters. The van der Waals surface area contributed by atoms with Crippen LogP contribution in [0.4, 0.5) is 24.5 Å². The molecule has 1 heterocycles. The van der Waals surface area contributed by atoms with Crippen molar-refractivity contribution in [2.24, 2.45) is 5.41 Å². The highest BCUT2D eigenvalue weighted by Crippen LogP contribution is 2.31. The fourth-order valence-electron chi connectivity index (χ4n) is 2.96. The molecule has 1 aliphatic heterocycles. The molecule has 2 aromatic rings. The van der Waals surface area contributed by atoms with Gasteiger partial charge in [0.2, 0.25) is 5.91 Å². The first-order valence-electron chi connectivity index (χ1n) is 9.04. The zero-order chi connectivity index (χ0) is 21.9. The number of carbonyl (C=O) groups is 3.